The van der Waals surface area contributed by atoms with Gasteiger partial charge in [-0.3, -0.25) is 9.69 Å². The van der Waals surface area contributed by atoms with E-state index in [0.717, 1.165) is 6.07 Å². The first-order valence-corrected chi connectivity index (χ1v) is 9.13. The summed E-state index contributed by atoms with van der Waals surface area (Å²) in [5, 5.41) is 3.89. The topological polar surface area (TPSA) is 71.7 Å². The Morgan fingerprint density at radius 2 is 2.00 bits per heavy atom. The number of ether oxygens (including phenoxy) is 1. The summed E-state index contributed by atoms with van der Waals surface area (Å²) in [6.07, 6.45) is 0. The molecule has 1 unspecified atom stereocenters. The van der Waals surface area contributed by atoms with E-state index in [1.807, 2.05) is 0 Å². The molecule has 150 valence electrons. The number of amides is 1. The first kappa shape index (κ1) is 18.9. The molecular formula is C19H22F2N4O3. The molecule has 2 aliphatic rings. The maximum Gasteiger partial charge on any atom is 0.248 e. The highest BCUT2D eigenvalue weighted by atomic mass is 19.1. The molecular weight excluding hydrogens is 370 g/mol. The molecule has 0 N–H and O–H groups in total. The molecule has 1 spiro atoms. The van der Waals surface area contributed by atoms with Gasteiger partial charge in [-0.1, -0.05) is 5.16 Å². The smallest absolute Gasteiger partial charge is 0.248 e. The quantitative estimate of drug-likeness (QED) is 0.772. The second kappa shape index (κ2) is 7.21. The molecule has 3 heterocycles. The number of methoxy groups -OCH3 is 1. The molecule has 2 aliphatic heterocycles. The van der Waals surface area contributed by atoms with Crippen molar-refractivity contribution in [2.45, 2.75) is 19.4 Å². The van der Waals surface area contributed by atoms with Crippen LogP contribution in [-0.2, 0) is 16.1 Å². The van der Waals surface area contributed by atoms with Crippen molar-refractivity contribution in [2.75, 3.05) is 39.9 Å². The van der Waals surface area contributed by atoms with Crippen LogP contribution in [0, 0.1) is 24.0 Å². The van der Waals surface area contributed by atoms with Crippen LogP contribution in [-0.4, -0.2) is 65.7 Å². The van der Waals surface area contributed by atoms with E-state index in [0.29, 0.717) is 50.0 Å². The largest absolute Gasteiger partial charge is 0.375 e. The lowest BCUT2D eigenvalue weighted by molar-refractivity contribution is -0.135. The van der Waals surface area contributed by atoms with Crippen LogP contribution in [0.5, 0.6) is 0 Å². The monoisotopic (exact) mass is 392 g/mol. The van der Waals surface area contributed by atoms with Crippen molar-refractivity contribution >= 4 is 5.91 Å². The molecule has 1 aromatic heterocycles. The summed E-state index contributed by atoms with van der Waals surface area (Å²) < 4.78 is 37.3. The maximum absolute atomic E-state index is 13.5. The van der Waals surface area contributed by atoms with Gasteiger partial charge in [-0.15, -0.1) is 0 Å². The van der Waals surface area contributed by atoms with Gasteiger partial charge in [0, 0.05) is 51.3 Å². The molecule has 1 amide bonds. The molecule has 0 aliphatic carbocycles. The average molecular weight is 392 g/mol. The van der Waals surface area contributed by atoms with Gasteiger partial charge in [-0.05, 0) is 24.6 Å². The minimum atomic E-state index is -0.582. The standard InChI is InChI=1S/C19H22F2N4O3/c1-12-22-18(28-23-12)16-7-25(17(26)8-27-2)11-19(16)9-24(10-19)6-13-3-14(20)5-15(21)4-13/h3-5,16H,6-11H2,1-2H3. The lowest BCUT2D eigenvalue weighted by Crippen LogP contribution is -2.59. The highest BCUT2D eigenvalue weighted by Gasteiger charge is 2.57. The van der Waals surface area contributed by atoms with Crippen molar-refractivity contribution in [1.82, 2.24) is 19.9 Å². The third-order valence-electron chi connectivity index (χ3n) is 5.52. The van der Waals surface area contributed by atoms with E-state index < -0.39 is 11.6 Å². The molecule has 28 heavy (non-hydrogen) atoms. The van der Waals surface area contributed by atoms with Crippen molar-refractivity contribution < 1.29 is 22.8 Å². The van der Waals surface area contributed by atoms with E-state index in [1.165, 1.54) is 19.2 Å². The number of likely N-dealkylation sites (tertiary alicyclic amines) is 2. The summed E-state index contributed by atoms with van der Waals surface area (Å²) >= 11 is 0. The van der Waals surface area contributed by atoms with Crippen molar-refractivity contribution in [1.29, 1.82) is 0 Å². The second-order valence-corrected chi connectivity index (χ2v) is 7.72. The Morgan fingerprint density at radius 3 is 2.61 bits per heavy atom. The Balaban J connectivity index is 1.50. The summed E-state index contributed by atoms with van der Waals surface area (Å²) in [7, 11) is 1.49. The SMILES string of the molecule is COCC(=O)N1CC(c2nc(C)no2)C2(CN(Cc3cc(F)cc(F)c3)C2)C1. The van der Waals surface area contributed by atoms with E-state index >= 15 is 0 Å². The highest BCUT2D eigenvalue weighted by molar-refractivity contribution is 5.78. The number of benzene rings is 1. The van der Waals surface area contributed by atoms with Gasteiger partial charge in [0.1, 0.15) is 18.2 Å². The summed E-state index contributed by atoms with van der Waals surface area (Å²) in [4.78, 5) is 20.6. The molecule has 0 radical (unpaired) electrons. The number of aryl methyl sites for hydroxylation is 1. The minimum Gasteiger partial charge on any atom is -0.375 e. The van der Waals surface area contributed by atoms with E-state index in [-0.39, 0.29) is 23.8 Å². The van der Waals surface area contributed by atoms with E-state index in [4.69, 9.17) is 9.26 Å². The zero-order valence-corrected chi connectivity index (χ0v) is 15.8. The number of carbonyl (C=O) groups is 1. The molecule has 0 bridgehead atoms. The zero-order chi connectivity index (χ0) is 19.9. The number of nitrogens with zero attached hydrogens (tertiary/aromatic N) is 4. The van der Waals surface area contributed by atoms with Crippen molar-refractivity contribution in [2.24, 2.45) is 5.41 Å². The lowest BCUT2D eigenvalue weighted by atomic mass is 9.71. The fourth-order valence-corrected chi connectivity index (χ4v) is 4.41. The first-order valence-electron chi connectivity index (χ1n) is 9.13. The van der Waals surface area contributed by atoms with Gasteiger partial charge >= 0.3 is 0 Å². The number of aromatic nitrogens is 2. The summed E-state index contributed by atoms with van der Waals surface area (Å²) in [6.45, 7) is 4.63. The molecule has 4 rings (SSSR count). The predicted octanol–water partition coefficient (Wildman–Crippen LogP) is 1.73. The van der Waals surface area contributed by atoms with Gasteiger partial charge in [0.05, 0.1) is 5.92 Å². The normalized spacial score (nSPS) is 21.3. The van der Waals surface area contributed by atoms with Crippen LogP contribution in [0.1, 0.15) is 23.2 Å². The average Bonchev–Trinajstić information content (AvgIpc) is 3.18. The van der Waals surface area contributed by atoms with Gasteiger partial charge in [0.15, 0.2) is 5.82 Å². The highest BCUT2D eigenvalue weighted by Crippen LogP contribution is 2.49. The van der Waals surface area contributed by atoms with E-state index in [2.05, 4.69) is 15.0 Å². The zero-order valence-electron chi connectivity index (χ0n) is 15.8. The number of hydrogen-bond acceptors (Lipinski definition) is 6. The van der Waals surface area contributed by atoms with E-state index in [9.17, 15) is 13.6 Å². The van der Waals surface area contributed by atoms with Crippen molar-refractivity contribution in [3.05, 3.63) is 47.1 Å². The van der Waals surface area contributed by atoms with Crippen LogP contribution < -0.4 is 0 Å². The number of carbonyl (C=O) groups excluding carboxylic acids is 1. The van der Waals surface area contributed by atoms with Crippen LogP contribution in [0.25, 0.3) is 0 Å². The molecule has 2 aromatic rings. The van der Waals surface area contributed by atoms with Gasteiger partial charge in [-0.25, -0.2) is 8.78 Å². The minimum absolute atomic E-state index is 0.0257. The van der Waals surface area contributed by atoms with Gasteiger partial charge in [-0.2, -0.15) is 4.98 Å². The Hall–Kier alpha value is -2.39. The molecule has 0 saturated carbocycles. The number of halogens is 2. The number of rotatable bonds is 5. The molecule has 1 aromatic carbocycles. The summed E-state index contributed by atoms with van der Waals surface area (Å²) in [6, 6.07) is 3.55. The lowest BCUT2D eigenvalue weighted by Gasteiger charge is -2.50. The summed E-state index contributed by atoms with van der Waals surface area (Å²) in [5.74, 6) is -0.232. The Labute approximate surface area is 161 Å². The van der Waals surface area contributed by atoms with E-state index in [1.54, 1.807) is 11.8 Å². The van der Waals surface area contributed by atoms with Gasteiger partial charge in [0.2, 0.25) is 11.8 Å². The molecule has 2 saturated heterocycles. The maximum atomic E-state index is 13.5. The van der Waals surface area contributed by atoms with Gasteiger partial charge in [0.25, 0.3) is 0 Å². The Kier molecular flexibility index (Phi) is 4.88. The third-order valence-corrected chi connectivity index (χ3v) is 5.52. The fraction of sp³-hybridized carbons (Fsp3) is 0.526. The van der Waals surface area contributed by atoms with Crippen LogP contribution in [0.3, 0.4) is 0 Å². The molecule has 2 fully saturated rings. The van der Waals surface area contributed by atoms with Crippen LogP contribution in [0.15, 0.2) is 22.7 Å². The Bertz CT molecular complexity index is 862. The van der Waals surface area contributed by atoms with Gasteiger partial charge < -0.3 is 14.2 Å². The van der Waals surface area contributed by atoms with Crippen molar-refractivity contribution in [3.63, 3.8) is 0 Å². The predicted molar refractivity (Wildman–Crippen MR) is 94.3 cm³/mol. The summed E-state index contributed by atoms with van der Waals surface area (Å²) in [5.41, 5.74) is 0.372. The molecule has 9 heteroatoms. The van der Waals surface area contributed by atoms with Crippen LogP contribution in [0.4, 0.5) is 8.78 Å². The third kappa shape index (κ3) is 3.51. The second-order valence-electron chi connectivity index (χ2n) is 7.72. The van der Waals surface area contributed by atoms with Crippen LogP contribution in [0.2, 0.25) is 0 Å². The van der Waals surface area contributed by atoms with Crippen molar-refractivity contribution in [3.8, 4) is 0 Å². The number of hydrogen-bond donors (Lipinski definition) is 0. The Morgan fingerprint density at radius 1 is 1.29 bits per heavy atom. The first-order chi connectivity index (χ1) is 13.4. The fourth-order valence-electron chi connectivity index (χ4n) is 4.41. The molecule has 1 atom stereocenters. The molecule has 7 nitrogen and oxygen atoms in total. The van der Waals surface area contributed by atoms with Crippen LogP contribution >= 0.6 is 0 Å².